The summed E-state index contributed by atoms with van der Waals surface area (Å²) in [5.41, 5.74) is 0.0613. The molecule has 0 unspecified atom stereocenters. The van der Waals surface area contributed by atoms with E-state index in [9.17, 15) is 9.59 Å². The quantitative estimate of drug-likeness (QED) is 0.633. The van der Waals surface area contributed by atoms with Crippen molar-refractivity contribution in [1.82, 2.24) is 9.97 Å². The minimum atomic E-state index is -0.656. The van der Waals surface area contributed by atoms with E-state index in [2.05, 4.69) is 15.3 Å². The number of nitrogens with zero attached hydrogens (tertiary/aromatic N) is 2. The highest BCUT2D eigenvalue weighted by atomic mass is 32.1. The summed E-state index contributed by atoms with van der Waals surface area (Å²) < 4.78 is 15.7. The van der Waals surface area contributed by atoms with Gasteiger partial charge in [-0.1, -0.05) is 11.3 Å². The molecule has 0 saturated heterocycles. The van der Waals surface area contributed by atoms with Crippen molar-refractivity contribution >= 4 is 28.3 Å². The minimum Gasteiger partial charge on any atom is -0.481 e. The van der Waals surface area contributed by atoms with E-state index in [-0.39, 0.29) is 10.9 Å². The maximum Gasteiger partial charge on any atom is 0.413 e. The lowest BCUT2D eigenvalue weighted by Crippen LogP contribution is -2.27. The summed E-state index contributed by atoms with van der Waals surface area (Å²) in [5.74, 6) is 0.446. The van der Waals surface area contributed by atoms with Crippen molar-refractivity contribution in [2.75, 3.05) is 12.4 Å². The number of ketones is 1. The molecule has 0 spiro atoms. The zero-order valence-electron chi connectivity index (χ0n) is 15.8. The summed E-state index contributed by atoms with van der Waals surface area (Å²) in [7, 11) is 1.47. The molecule has 0 radical (unpaired) electrons. The first kappa shape index (κ1) is 19.6. The number of rotatable bonds is 5. The predicted octanol–water partition coefficient (Wildman–Crippen LogP) is 4.38. The van der Waals surface area contributed by atoms with Crippen molar-refractivity contribution in [1.29, 1.82) is 0 Å². The molecule has 3 aromatic heterocycles. The van der Waals surface area contributed by atoms with E-state index >= 15 is 0 Å². The van der Waals surface area contributed by atoms with E-state index in [1.807, 2.05) is 0 Å². The number of carbonyl (C=O) groups is 2. The molecular weight excluding hydrogens is 382 g/mol. The van der Waals surface area contributed by atoms with Gasteiger partial charge in [-0.3, -0.25) is 10.1 Å². The van der Waals surface area contributed by atoms with E-state index in [1.54, 1.807) is 39.0 Å². The molecule has 0 saturated carbocycles. The number of aromatic nitrogens is 2. The van der Waals surface area contributed by atoms with E-state index in [0.717, 1.165) is 11.3 Å². The maximum atomic E-state index is 13.1. The summed E-state index contributed by atoms with van der Waals surface area (Å²) in [6.45, 7) is 5.28. The molecule has 0 aromatic carbocycles. The average Bonchev–Trinajstić information content (AvgIpc) is 3.29. The number of pyridine rings is 1. The number of amides is 1. The van der Waals surface area contributed by atoms with Crippen LogP contribution in [0.4, 0.5) is 9.93 Å². The third-order valence-electron chi connectivity index (χ3n) is 3.40. The molecule has 3 heterocycles. The molecule has 8 nitrogen and oxygen atoms in total. The fourth-order valence-corrected chi connectivity index (χ4v) is 3.21. The Morgan fingerprint density at radius 3 is 2.68 bits per heavy atom. The second-order valence-corrected chi connectivity index (χ2v) is 7.72. The van der Waals surface area contributed by atoms with E-state index in [0.29, 0.717) is 27.8 Å². The van der Waals surface area contributed by atoms with Crippen LogP contribution in [0.15, 0.2) is 41.1 Å². The van der Waals surface area contributed by atoms with Crippen LogP contribution in [0.1, 0.15) is 36.0 Å². The maximum absolute atomic E-state index is 13.1. The van der Waals surface area contributed by atoms with Crippen molar-refractivity contribution < 1.29 is 23.5 Å². The second-order valence-electron chi connectivity index (χ2n) is 6.72. The lowest BCUT2D eigenvalue weighted by molar-refractivity contribution is 0.0635. The Hall–Kier alpha value is -3.20. The molecule has 0 aliphatic carbocycles. The first-order chi connectivity index (χ1) is 13.3. The van der Waals surface area contributed by atoms with Gasteiger partial charge >= 0.3 is 6.09 Å². The SMILES string of the molecule is COc1cc(C(=O)c2sc(NC(=O)OC(C)(C)C)nc2-c2ccco2)ccn1. The second kappa shape index (κ2) is 7.81. The zero-order chi connectivity index (χ0) is 20.3. The molecule has 28 heavy (non-hydrogen) atoms. The molecule has 146 valence electrons. The number of anilines is 1. The number of hydrogen-bond acceptors (Lipinski definition) is 8. The number of hydrogen-bond donors (Lipinski definition) is 1. The highest BCUT2D eigenvalue weighted by Crippen LogP contribution is 2.33. The summed E-state index contributed by atoms with van der Waals surface area (Å²) >= 11 is 1.03. The monoisotopic (exact) mass is 401 g/mol. The highest BCUT2D eigenvalue weighted by molar-refractivity contribution is 7.18. The van der Waals surface area contributed by atoms with Crippen molar-refractivity contribution in [3.05, 3.63) is 47.2 Å². The Bertz CT molecular complexity index is 989. The van der Waals surface area contributed by atoms with Crippen molar-refractivity contribution in [3.63, 3.8) is 0 Å². The van der Waals surface area contributed by atoms with Crippen molar-refractivity contribution in [3.8, 4) is 17.3 Å². The van der Waals surface area contributed by atoms with Gasteiger partial charge in [0.1, 0.15) is 16.2 Å². The zero-order valence-corrected chi connectivity index (χ0v) is 16.6. The van der Waals surface area contributed by atoms with Crippen LogP contribution in [-0.4, -0.2) is 34.6 Å². The number of nitrogens with one attached hydrogen (secondary N) is 1. The van der Waals surface area contributed by atoms with Gasteiger partial charge in [0.2, 0.25) is 11.7 Å². The van der Waals surface area contributed by atoms with Gasteiger partial charge in [-0.25, -0.2) is 14.8 Å². The Morgan fingerprint density at radius 1 is 1.25 bits per heavy atom. The standard InChI is InChI=1S/C19H19N3O5S/c1-19(2,3)27-18(24)22-17-21-14(12-6-5-9-26-12)16(28-17)15(23)11-7-8-20-13(10-11)25-4/h5-10H,1-4H3,(H,21,22,24). The third-order valence-corrected chi connectivity index (χ3v) is 4.37. The molecule has 0 aliphatic heterocycles. The van der Waals surface area contributed by atoms with Crippen LogP contribution in [0, 0.1) is 0 Å². The highest BCUT2D eigenvalue weighted by Gasteiger charge is 2.25. The minimum absolute atomic E-state index is 0.227. The molecule has 0 bridgehead atoms. The molecule has 0 fully saturated rings. The van der Waals surface area contributed by atoms with Gasteiger partial charge in [-0.15, -0.1) is 0 Å². The number of ether oxygens (including phenoxy) is 2. The Morgan fingerprint density at radius 2 is 2.04 bits per heavy atom. The number of thiazole rings is 1. The molecule has 3 aromatic rings. The Kier molecular flexibility index (Phi) is 5.46. The molecule has 0 atom stereocenters. The summed E-state index contributed by atoms with van der Waals surface area (Å²) in [6.07, 6.45) is 2.32. The Labute approximate surface area is 165 Å². The lowest BCUT2D eigenvalue weighted by Gasteiger charge is -2.18. The summed E-state index contributed by atoms with van der Waals surface area (Å²) in [6, 6.07) is 6.50. The normalized spacial score (nSPS) is 11.1. The molecule has 1 amide bonds. The molecule has 1 N–H and O–H groups in total. The fourth-order valence-electron chi connectivity index (χ4n) is 2.29. The fraction of sp³-hybridized carbons (Fsp3) is 0.263. The van der Waals surface area contributed by atoms with Gasteiger partial charge in [0, 0.05) is 17.8 Å². The van der Waals surface area contributed by atoms with Gasteiger partial charge < -0.3 is 13.9 Å². The summed E-state index contributed by atoms with van der Waals surface area (Å²) in [5, 5.41) is 2.79. The van der Waals surface area contributed by atoms with Gasteiger partial charge in [0.05, 0.1) is 13.4 Å². The van der Waals surface area contributed by atoms with Gasteiger partial charge in [0.15, 0.2) is 10.9 Å². The van der Waals surface area contributed by atoms with Crippen molar-refractivity contribution in [2.45, 2.75) is 26.4 Å². The molecule has 0 aliphatic rings. The van der Waals surface area contributed by atoms with E-state index in [4.69, 9.17) is 13.9 Å². The first-order valence-corrected chi connectivity index (χ1v) is 9.18. The van der Waals surface area contributed by atoms with Crippen LogP contribution in [-0.2, 0) is 4.74 Å². The number of methoxy groups -OCH3 is 1. The number of furan rings is 1. The average molecular weight is 401 g/mol. The lowest BCUT2D eigenvalue weighted by atomic mass is 10.1. The van der Waals surface area contributed by atoms with Crippen LogP contribution in [0.25, 0.3) is 11.5 Å². The van der Waals surface area contributed by atoms with Gasteiger partial charge in [-0.2, -0.15) is 0 Å². The van der Waals surface area contributed by atoms with Crippen molar-refractivity contribution in [2.24, 2.45) is 0 Å². The molecule has 3 rings (SSSR count). The summed E-state index contributed by atoms with van der Waals surface area (Å²) in [4.78, 5) is 33.8. The van der Waals surface area contributed by atoms with E-state index < -0.39 is 11.7 Å². The predicted molar refractivity (Wildman–Crippen MR) is 104 cm³/mol. The smallest absolute Gasteiger partial charge is 0.413 e. The third kappa shape index (κ3) is 4.55. The van der Waals surface area contributed by atoms with Gasteiger partial charge in [-0.05, 0) is 39.0 Å². The largest absolute Gasteiger partial charge is 0.481 e. The van der Waals surface area contributed by atoms with Crippen LogP contribution in [0.5, 0.6) is 5.88 Å². The van der Waals surface area contributed by atoms with E-state index in [1.165, 1.54) is 25.6 Å². The molecular formula is C19H19N3O5S. The number of carbonyl (C=O) groups excluding carboxylic acids is 2. The van der Waals surface area contributed by atoms with Crippen LogP contribution >= 0.6 is 11.3 Å². The van der Waals surface area contributed by atoms with Crippen LogP contribution < -0.4 is 10.1 Å². The van der Waals surface area contributed by atoms with Crippen LogP contribution in [0.2, 0.25) is 0 Å². The van der Waals surface area contributed by atoms with Gasteiger partial charge in [0.25, 0.3) is 0 Å². The van der Waals surface area contributed by atoms with Crippen LogP contribution in [0.3, 0.4) is 0 Å². The Balaban J connectivity index is 1.96. The first-order valence-electron chi connectivity index (χ1n) is 8.36. The molecule has 9 heteroatoms. The topological polar surface area (TPSA) is 104 Å².